The van der Waals surface area contributed by atoms with Crippen LogP contribution in [0.3, 0.4) is 0 Å². The molecule has 0 amide bonds. The lowest BCUT2D eigenvalue weighted by Gasteiger charge is -2.08. The molecule has 2 aromatic rings. The van der Waals surface area contributed by atoms with Crippen LogP contribution in [0.15, 0.2) is 60.7 Å². The first-order valence-electron chi connectivity index (χ1n) is 28.5. The minimum absolute atomic E-state index is 0. The zero-order valence-electron chi connectivity index (χ0n) is 53.5. The van der Waals surface area contributed by atoms with E-state index in [0.717, 1.165) is 45.8 Å². The maximum Gasteiger partial charge on any atom is 0.0266 e. The van der Waals surface area contributed by atoms with Gasteiger partial charge in [-0.25, -0.2) is 0 Å². The van der Waals surface area contributed by atoms with Gasteiger partial charge in [-0.15, -0.1) is 0 Å². The van der Waals surface area contributed by atoms with E-state index in [9.17, 15) is 0 Å². The Labute approximate surface area is 467 Å². The molecular formula is C60H144N14. The summed E-state index contributed by atoms with van der Waals surface area (Å²) in [6, 6.07) is 22.2. The third kappa shape index (κ3) is 158. The van der Waals surface area contributed by atoms with E-state index < -0.39 is 0 Å². The lowest BCUT2D eigenvalue weighted by atomic mass is 10.1. The zero-order chi connectivity index (χ0) is 58.5. The summed E-state index contributed by atoms with van der Waals surface area (Å²) < 4.78 is 0. The second-order valence-corrected chi connectivity index (χ2v) is 17.5. The largest absolute Gasteiger partial charge is 0.333 e. The Balaban J connectivity index is -0.0000000651. The summed E-state index contributed by atoms with van der Waals surface area (Å²) in [5.74, 6) is 0. The molecule has 0 aliphatic carbocycles. The van der Waals surface area contributed by atoms with Gasteiger partial charge in [-0.1, -0.05) is 164 Å². The van der Waals surface area contributed by atoms with Crippen molar-refractivity contribution >= 4 is 0 Å². The third-order valence-corrected chi connectivity index (χ3v) is 8.21. The van der Waals surface area contributed by atoms with E-state index in [0.29, 0.717) is 18.1 Å². The van der Waals surface area contributed by atoms with Gasteiger partial charge in [-0.05, 0) is 205 Å². The highest BCUT2D eigenvalue weighted by Gasteiger charge is 1.95. The summed E-state index contributed by atoms with van der Waals surface area (Å²) in [6.45, 7) is 39.9. The summed E-state index contributed by atoms with van der Waals surface area (Å²) in [5, 5.41) is 33.5. The van der Waals surface area contributed by atoms with Gasteiger partial charge in [0.25, 0.3) is 0 Å². The van der Waals surface area contributed by atoms with Crippen molar-refractivity contribution in [2.24, 2.45) is 17.2 Å². The van der Waals surface area contributed by atoms with Crippen LogP contribution >= 0.6 is 0 Å². The molecule has 0 aromatic heterocycles. The molecule has 2 fully saturated rings. The molecule has 1 atom stereocenters. The third-order valence-electron chi connectivity index (χ3n) is 8.21. The topological polar surface area (TPSA) is 210 Å². The number of benzene rings is 2. The molecule has 454 valence electrons. The van der Waals surface area contributed by atoms with Crippen LogP contribution in [0.2, 0.25) is 0 Å². The SMILES string of the molecule is C.C1CCNC1.C1CCNCC1.CC(C)N.CC(N)c1ccccc1.CCCCNC.CCCNC.CCCNCC.CCNC.CCNC(C)C.CN.CNC.CNC.CNC(C)C.CNCc1ccccc1. The molecule has 2 heterocycles. The first-order valence-corrected chi connectivity index (χ1v) is 28.5. The van der Waals surface area contributed by atoms with Crippen LogP contribution in [-0.2, 0) is 6.54 Å². The molecule has 14 nitrogen and oxygen atoms in total. The molecule has 0 saturated carbocycles. The van der Waals surface area contributed by atoms with Gasteiger partial charge in [-0.3, -0.25) is 0 Å². The van der Waals surface area contributed by atoms with E-state index in [4.69, 9.17) is 11.5 Å². The Morgan fingerprint density at radius 2 is 0.838 bits per heavy atom. The van der Waals surface area contributed by atoms with Gasteiger partial charge in [0.1, 0.15) is 0 Å². The predicted molar refractivity (Wildman–Crippen MR) is 348 cm³/mol. The number of unbranched alkanes of at least 4 members (excludes halogenated alkanes) is 1. The fraction of sp³-hybridized carbons (Fsp3) is 0.800. The van der Waals surface area contributed by atoms with E-state index in [1.807, 2.05) is 133 Å². The van der Waals surface area contributed by atoms with E-state index in [2.05, 4.69) is 146 Å². The molecule has 0 bridgehead atoms. The van der Waals surface area contributed by atoms with E-state index in [1.54, 1.807) is 0 Å². The van der Waals surface area contributed by atoms with Crippen LogP contribution in [0.25, 0.3) is 0 Å². The Morgan fingerprint density at radius 3 is 0.986 bits per heavy atom. The van der Waals surface area contributed by atoms with Gasteiger partial charge in [0.2, 0.25) is 0 Å². The Hall–Kier alpha value is -2.12. The second kappa shape index (κ2) is 107. The van der Waals surface area contributed by atoms with Gasteiger partial charge in [-0.2, -0.15) is 0 Å². The molecule has 0 radical (unpaired) electrons. The maximum absolute atomic E-state index is 5.61. The van der Waals surface area contributed by atoms with Crippen molar-refractivity contribution in [2.75, 3.05) is 136 Å². The average molecular weight is 1060 g/mol. The molecule has 0 spiro atoms. The number of hydrogen-bond donors (Lipinski definition) is 14. The van der Waals surface area contributed by atoms with Crippen molar-refractivity contribution in [2.45, 2.75) is 186 Å². The lowest BCUT2D eigenvalue weighted by Crippen LogP contribution is -2.21. The van der Waals surface area contributed by atoms with Crippen molar-refractivity contribution in [1.82, 2.24) is 58.5 Å². The molecule has 2 aliphatic heterocycles. The van der Waals surface area contributed by atoms with Crippen molar-refractivity contribution in [3.63, 3.8) is 0 Å². The number of nitrogens with two attached hydrogens (primary N) is 3. The molecule has 2 saturated heterocycles. The highest BCUT2D eigenvalue weighted by molar-refractivity contribution is 5.17. The molecule has 2 aromatic carbocycles. The average Bonchev–Trinajstić information content (AvgIpc) is 4.00. The normalized spacial score (nSPS) is 11.3. The summed E-state index contributed by atoms with van der Waals surface area (Å²) in [6.07, 6.45) is 12.1. The summed E-state index contributed by atoms with van der Waals surface area (Å²) >= 11 is 0. The fourth-order valence-corrected chi connectivity index (χ4v) is 4.35. The van der Waals surface area contributed by atoms with Gasteiger partial charge in [0, 0.05) is 24.7 Å². The van der Waals surface area contributed by atoms with Gasteiger partial charge < -0.3 is 75.7 Å². The molecule has 74 heavy (non-hydrogen) atoms. The van der Waals surface area contributed by atoms with Crippen LogP contribution in [0, 0.1) is 0 Å². The van der Waals surface area contributed by atoms with Crippen LogP contribution in [-0.4, -0.2) is 154 Å². The molecule has 17 N–H and O–H groups in total. The first-order chi connectivity index (χ1) is 35.0. The van der Waals surface area contributed by atoms with Crippen LogP contribution in [0.4, 0.5) is 0 Å². The number of rotatable bonds is 15. The minimum atomic E-state index is 0. The zero-order valence-corrected chi connectivity index (χ0v) is 53.5. The van der Waals surface area contributed by atoms with Crippen LogP contribution in [0.5, 0.6) is 0 Å². The van der Waals surface area contributed by atoms with Crippen molar-refractivity contribution in [3.05, 3.63) is 71.8 Å². The number of piperidine rings is 1. The van der Waals surface area contributed by atoms with Gasteiger partial charge in [0.05, 0.1) is 0 Å². The summed E-state index contributed by atoms with van der Waals surface area (Å²) in [7, 11) is 18.8. The highest BCUT2D eigenvalue weighted by Crippen LogP contribution is 2.06. The lowest BCUT2D eigenvalue weighted by molar-refractivity contribution is 0.520. The van der Waals surface area contributed by atoms with Gasteiger partial charge >= 0.3 is 0 Å². The van der Waals surface area contributed by atoms with Crippen LogP contribution < -0.4 is 75.7 Å². The quantitative estimate of drug-likeness (QED) is 0.0752. The number of hydrogen-bond acceptors (Lipinski definition) is 14. The second-order valence-electron chi connectivity index (χ2n) is 17.5. The van der Waals surface area contributed by atoms with E-state index in [-0.39, 0.29) is 13.5 Å². The minimum Gasteiger partial charge on any atom is -0.333 e. The van der Waals surface area contributed by atoms with Crippen LogP contribution in [0.1, 0.15) is 172 Å². The molecular weight excluding hydrogens is 917 g/mol. The van der Waals surface area contributed by atoms with Crippen molar-refractivity contribution in [1.29, 1.82) is 0 Å². The Kier molecular flexibility index (Phi) is 141. The molecule has 2 aliphatic rings. The fourth-order valence-electron chi connectivity index (χ4n) is 4.35. The van der Waals surface area contributed by atoms with Gasteiger partial charge in [0.15, 0.2) is 0 Å². The summed E-state index contributed by atoms with van der Waals surface area (Å²) in [5.41, 5.74) is 17.8. The number of nitrogens with one attached hydrogen (secondary N) is 11. The smallest absolute Gasteiger partial charge is 0.0266 e. The first kappa shape index (κ1) is 97.4. The monoisotopic (exact) mass is 1060 g/mol. The Bertz CT molecular complexity index is 954. The molecule has 4 rings (SSSR count). The summed E-state index contributed by atoms with van der Waals surface area (Å²) in [4.78, 5) is 0. The molecule has 14 heteroatoms. The highest BCUT2D eigenvalue weighted by atomic mass is 14.9. The Morgan fingerprint density at radius 1 is 0.473 bits per heavy atom. The standard InChI is InChI=1S/2C8H11N.C5H11N.3C5H13N.C4H9N.2C4H11N.2C3H9N.2C2H7N.CH5N.CH4/c1-9-7-8-5-3-2-4-6-8;1-7(9)8-5-3-2-4-6-8;1-2-4-6-5-3-1;1-4-6-5(2)3;1-3-4-5-6-2;1-3-5-6-4-2;1-2-4-5-3-1;1-4(2)5-3;1-3-4-5-2;1-3-4-2;1-3(2)4;2*1-3-2;1-2;/h2-6,9H,7H2,1H3;2-7H,9H2,1H3;6H,1-5H2;5-6H,4H2,1-3H3;2*6H,3-5H2,1-2H3;5H,1-4H2;4-5H,1-3H3;5H,3-4H2,1-2H3;4H,3H2,1-2H3;3H,4H2,1-2H3;2*3H,1-2H3;2H2,1H3;1H4. The predicted octanol–water partition coefficient (Wildman–Crippen LogP) is 8.95. The van der Waals surface area contributed by atoms with E-state index >= 15 is 0 Å². The van der Waals surface area contributed by atoms with Crippen molar-refractivity contribution < 1.29 is 0 Å². The maximum atomic E-state index is 5.61. The molecule has 1 unspecified atom stereocenters. The van der Waals surface area contributed by atoms with E-state index in [1.165, 1.54) is 102 Å². The van der Waals surface area contributed by atoms with Crippen molar-refractivity contribution in [3.8, 4) is 0 Å².